The Balaban J connectivity index is 1.90. The van der Waals surface area contributed by atoms with Crippen LogP contribution >= 0.6 is 0 Å². The third kappa shape index (κ3) is 2.27. The van der Waals surface area contributed by atoms with Crippen LogP contribution in [-0.2, 0) is 0 Å². The first kappa shape index (κ1) is 13.4. The summed E-state index contributed by atoms with van der Waals surface area (Å²) in [6, 6.07) is 8.00. The van der Waals surface area contributed by atoms with Crippen molar-refractivity contribution in [2.45, 2.75) is 18.8 Å². The Morgan fingerprint density at radius 1 is 1.18 bits per heavy atom. The summed E-state index contributed by atoms with van der Waals surface area (Å²) in [4.78, 5) is 16.1. The van der Waals surface area contributed by atoms with Crippen LogP contribution in [0.25, 0.3) is 16.9 Å². The van der Waals surface area contributed by atoms with Gasteiger partial charge < -0.3 is 4.90 Å². The van der Waals surface area contributed by atoms with Gasteiger partial charge in [0.2, 0.25) is 0 Å². The highest BCUT2D eigenvalue weighted by Gasteiger charge is 2.25. The van der Waals surface area contributed by atoms with Crippen molar-refractivity contribution in [1.29, 1.82) is 0 Å². The minimum Gasteiger partial charge on any atom is -0.306 e. The van der Waals surface area contributed by atoms with Gasteiger partial charge in [-0.2, -0.15) is 0 Å². The Hall–Kier alpha value is -2.27. The van der Waals surface area contributed by atoms with Crippen molar-refractivity contribution >= 4 is 11.2 Å². The van der Waals surface area contributed by atoms with Crippen molar-refractivity contribution in [3.63, 3.8) is 0 Å². The lowest BCUT2D eigenvalue weighted by Gasteiger charge is -2.29. The van der Waals surface area contributed by atoms with Crippen LogP contribution in [0.15, 0.2) is 42.9 Å². The third-order valence-electron chi connectivity index (χ3n) is 4.34. The van der Waals surface area contributed by atoms with Crippen LogP contribution in [0.5, 0.6) is 0 Å². The summed E-state index contributed by atoms with van der Waals surface area (Å²) >= 11 is 0. The van der Waals surface area contributed by atoms with Crippen LogP contribution in [-0.4, -0.2) is 44.6 Å². The van der Waals surface area contributed by atoms with Crippen LogP contribution in [0.1, 0.15) is 24.6 Å². The van der Waals surface area contributed by atoms with E-state index >= 15 is 0 Å². The summed E-state index contributed by atoms with van der Waals surface area (Å²) in [5.41, 5.74) is 2.90. The molecule has 5 heteroatoms. The van der Waals surface area contributed by atoms with Gasteiger partial charge in [-0.25, -0.2) is 9.97 Å². The Labute approximate surface area is 129 Å². The molecule has 1 aliphatic heterocycles. The van der Waals surface area contributed by atoms with Gasteiger partial charge in [0.25, 0.3) is 0 Å². The first-order chi connectivity index (χ1) is 10.8. The highest BCUT2D eigenvalue weighted by Crippen LogP contribution is 2.30. The molecule has 1 fully saturated rings. The zero-order chi connectivity index (χ0) is 14.9. The molecule has 1 saturated heterocycles. The quantitative estimate of drug-likeness (QED) is 0.728. The summed E-state index contributed by atoms with van der Waals surface area (Å²) in [5, 5.41) is 0. The summed E-state index contributed by atoms with van der Waals surface area (Å²) in [6.45, 7) is 2.21. The SMILES string of the molecule is CN1CCCC(c2nc3cccnc3n2-c2cccnc2)C1. The molecule has 3 aromatic rings. The second-order valence-corrected chi connectivity index (χ2v) is 5.96. The van der Waals surface area contributed by atoms with E-state index in [1.54, 1.807) is 6.20 Å². The van der Waals surface area contributed by atoms with Crippen molar-refractivity contribution in [3.8, 4) is 5.69 Å². The first-order valence-corrected chi connectivity index (χ1v) is 7.75. The number of likely N-dealkylation sites (N-methyl/N-ethyl adjacent to an activating group) is 1. The van der Waals surface area contributed by atoms with E-state index < -0.39 is 0 Å². The van der Waals surface area contributed by atoms with E-state index in [4.69, 9.17) is 4.98 Å². The van der Waals surface area contributed by atoms with E-state index in [2.05, 4.69) is 32.5 Å². The third-order valence-corrected chi connectivity index (χ3v) is 4.34. The summed E-state index contributed by atoms with van der Waals surface area (Å²) < 4.78 is 2.17. The van der Waals surface area contributed by atoms with E-state index in [-0.39, 0.29) is 0 Å². The average Bonchev–Trinajstić information content (AvgIpc) is 2.95. The van der Waals surface area contributed by atoms with E-state index in [9.17, 15) is 0 Å². The zero-order valence-corrected chi connectivity index (χ0v) is 12.7. The number of imidazole rings is 1. The van der Waals surface area contributed by atoms with Gasteiger partial charge in [-0.15, -0.1) is 0 Å². The van der Waals surface area contributed by atoms with Gasteiger partial charge in [-0.05, 0) is 50.7 Å². The van der Waals surface area contributed by atoms with E-state index in [1.165, 1.54) is 19.4 Å². The summed E-state index contributed by atoms with van der Waals surface area (Å²) in [7, 11) is 2.18. The molecule has 0 aromatic carbocycles. The van der Waals surface area contributed by atoms with Crippen LogP contribution in [0.2, 0.25) is 0 Å². The molecule has 22 heavy (non-hydrogen) atoms. The average molecular weight is 293 g/mol. The topological polar surface area (TPSA) is 46.8 Å². The Morgan fingerprint density at radius 3 is 2.91 bits per heavy atom. The van der Waals surface area contributed by atoms with Crippen molar-refractivity contribution in [2.75, 3.05) is 20.1 Å². The standard InChI is InChI=1S/C17H19N5/c1-21-10-4-5-13(12-21)16-20-15-7-3-9-19-17(15)22(16)14-6-2-8-18-11-14/h2-3,6-9,11,13H,4-5,10,12H2,1H3. The molecule has 0 N–H and O–H groups in total. The van der Waals surface area contributed by atoms with E-state index in [0.29, 0.717) is 5.92 Å². The van der Waals surface area contributed by atoms with Crippen LogP contribution in [0.3, 0.4) is 0 Å². The molecule has 1 atom stereocenters. The molecular weight excluding hydrogens is 274 g/mol. The number of pyridine rings is 2. The highest BCUT2D eigenvalue weighted by atomic mass is 15.2. The van der Waals surface area contributed by atoms with Gasteiger partial charge in [-0.3, -0.25) is 9.55 Å². The maximum absolute atomic E-state index is 4.89. The molecule has 4 rings (SSSR count). The van der Waals surface area contributed by atoms with Crippen LogP contribution < -0.4 is 0 Å². The largest absolute Gasteiger partial charge is 0.306 e. The molecule has 4 heterocycles. The molecule has 0 aliphatic carbocycles. The predicted octanol–water partition coefficient (Wildman–Crippen LogP) is 2.62. The van der Waals surface area contributed by atoms with Crippen molar-refractivity contribution in [2.24, 2.45) is 0 Å². The molecule has 0 bridgehead atoms. The number of fused-ring (bicyclic) bond motifs is 1. The second-order valence-electron chi connectivity index (χ2n) is 5.96. The van der Waals surface area contributed by atoms with Crippen LogP contribution in [0, 0.1) is 0 Å². The lowest BCUT2D eigenvalue weighted by Crippen LogP contribution is -2.32. The molecule has 0 saturated carbocycles. The highest BCUT2D eigenvalue weighted by molar-refractivity contribution is 5.73. The molecule has 0 spiro atoms. The number of hydrogen-bond donors (Lipinski definition) is 0. The number of aromatic nitrogens is 4. The fourth-order valence-electron chi connectivity index (χ4n) is 3.32. The fourth-order valence-corrected chi connectivity index (χ4v) is 3.32. The van der Waals surface area contributed by atoms with Crippen molar-refractivity contribution in [3.05, 3.63) is 48.7 Å². The molecule has 3 aromatic heterocycles. The molecule has 1 unspecified atom stereocenters. The molecule has 0 radical (unpaired) electrons. The molecule has 112 valence electrons. The van der Waals surface area contributed by atoms with Gasteiger partial charge in [0.05, 0.1) is 11.9 Å². The van der Waals surface area contributed by atoms with Gasteiger partial charge >= 0.3 is 0 Å². The molecule has 1 aliphatic rings. The minimum absolute atomic E-state index is 0.438. The van der Waals surface area contributed by atoms with E-state index in [0.717, 1.165) is 29.2 Å². The lowest BCUT2D eigenvalue weighted by molar-refractivity contribution is 0.245. The first-order valence-electron chi connectivity index (χ1n) is 7.75. The van der Waals surface area contributed by atoms with Crippen molar-refractivity contribution < 1.29 is 0 Å². The fraction of sp³-hybridized carbons (Fsp3) is 0.353. The molecule has 0 amide bonds. The molecule has 5 nitrogen and oxygen atoms in total. The minimum atomic E-state index is 0.438. The Bertz CT molecular complexity index is 780. The van der Waals surface area contributed by atoms with Crippen LogP contribution in [0.4, 0.5) is 0 Å². The van der Waals surface area contributed by atoms with Gasteiger partial charge in [0.1, 0.15) is 11.3 Å². The number of piperidine rings is 1. The Kier molecular flexibility index (Phi) is 3.35. The lowest BCUT2D eigenvalue weighted by atomic mass is 9.97. The van der Waals surface area contributed by atoms with Gasteiger partial charge in [0, 0.05) is 24.9 Å². The number of rotatable bonds is 2. The summed E-state index contributed by atoms with van der Waals surface area (Å²) in [5.74, 6) is 1.54. The predicted molar refractivity (Wildman–Crippen MR) is 86.1 cm³/mol. The zero-order valence-electron chi connectivity index (χ0n) is 12.7. The Morgan fingerprint density at radius 2 is 2.09 bits per heavy atom. The normalized spacial score (nSPS) is 19.6. The maximum atomic E-state index is 4.89. The second kappa shape index (κ2) is 5.50. The van der Waals surface area contributed by atoms with E-state index in [1.807, 2.05) is 30.6 Å². The van der Waals surface area contributed by atoms with Gasteiger partial charge in [0.15, 0.2) is 5.65 Å². The number of likely N-dealkylation sites (tertiary alicyclic amines) is 1. The summed E-state index contributed by atoms with van der Waals surface area (Å²) in [6.07, 6.45) is 7.89. The van der Waals surface area contributed by atoms with Crippen molar-refractivity contribution in [1.82, 2.24) is 24.4 Å². The monoisotopic (exact) mass is 293 g/mol. The number of hydrogen-bond acceptors (Lipinski definition) is 4. The number of nitrogens with zero attached hydrogens (tertiary/aromatic N) is 5. The molecular formula is C17H19N5. The van der Waals surface area contributed by atoms with Gasteiger partial charge in [-0.1, -0.05) is 0 Å². The maximum Gasteiger partial charge on any atom is 0.164 e. The smallest absolute Gasteiger partial charge is 0.164 e.